The lowest BCUT2D eigenvalue weighted by Crippen LogP contribution is -2.34. The van der Waals surface area contributed by atoms with Gasteiger partial charge in [0.1, 0.15) is 0 Å². The van der Waals surface area contributed by atoms with E-state index in [2.05, 4.69) is 10.5 Å². The minimum atomic E-state index is -0.0735. The predicted molar refractivity (Wildman–Crippen MR) is 89.5 cm³/mol. The highest BCUT2D eigenvalue weighted by atomic mass is 16.5. The Kier molecular flexibility index (Phi) is 4.37. The Bertz CT molecular complexity index is 708. The third-order valence-electron chi connectivity index (χ3n) is 4.63. The predicted octanol–water partition coefficient (Wildman–Crippen LogP) is 4.22. The molecule has 0 saturated carbocycles. The van der Waals surface area contributed by atoms with Crippen LogP contribution >= 0.6 is 0 Å². The summed E-state index contributed by atoms with van der Waals surface area (Å²) in [5, 5.41) is 7.09. The molecule has 0 aliphatic carbocycles. The normalized spacial score (nSPS) is 17.5. The van der Waals surface area contributed by atoms with Crippen LogP contribution in [-0.2, 0) is 6.42 Å². The third kappa shape index (κ3) is 3.09. The van der Waals surface area contributed by atoms with Gasteiger partial charge >= 0.3 is 6.03 Å². The van der Waals surface area contributed by atoms with E-state index >= 15 is 0 Å². The molecule has 1 aliphatic heterocycles. The molecule has 1 aromatic carbocycles. The Morgan fingerprint density at radius 2 is 2.26 bits per heavy atom. The summed E-state index contributed by atoms with van der Waals surface area (Å²) in [6.07, 6.45) is 2.73. The first-order valence-electron chi connectivity index (χ1n) is 8.19. The highest BCUT2D eigenvalue weighted by Gasteiger charge is 2.33. The van der Waals surface area contributed by atoms with Gasteiger partial charge in [-0.1, -0.05) is 24.2 Å². The van der Waals surface area contributed by atoms with E-state index in [4.69, 9.17) is 4.52 Å². The Labute approximate surface area is 136 Å². The van der Waals surface area contributed by atoms with Crippen LogP contribution in [0.2, 0.25) is 0 Å². The number of anilines is 1. The quantitative estimate of drug-likeness (QED) is 0.923. The first-order chi connectivity index (χ1) is 11.1. The lowest BCUT2D eigenvalue weighted by Gasteiger charge is -2.23. The lowest BCUT2D eigenvalue weighted by molar-refractivity contribution is 0.195. The van der Waals surface area contributed by atoms with Crippen molar-refractivity contribution in [1.29, 1.82) is 0 Å². The molecule has 2 amide bonds. The summed E-state index contributed by atoms with van der Waals surface area (Å²) in [4.78, 5) is 14.5. The molecule has 0 radical (unpaired) electrons. The fourth-order valence-electron chi connectivity index (χ4n) is 3.03. The van der Waals surface area contributed by atoms with Crippen LogP contribution in [0.3, 0.4) is 0 Å². The molecule has 5 heteroatoms. The third-order valence-corrected chi connectivity index (χ3v) is 4.63. The monoisotopic (exact) mass is 313 g/mol. The van der Waals surface area contributed by atoms with Crippen molar-refractivity contribution in [1.82, 2.24) is 10.1 Å². The summed E-state index contributed by atoms with van der Waals surface area (Å²) in [7, 11) is 0. The summed E-state index contributed by atoms with van der Waals surface area (Å²) in [5.41, 5.74) is 4.07. The van der Waals surface area contributed by atoms with Gasteiger partial charge < -0.3 is 14.7 Å². The maximum Gasteiger partial charge on any atom is 0.322 e. The summed E-state index contributed by atoms with van der Waals surface area (Å²) in [6.45, 7) is 6.85. The molecular formula is C18H23N3O2. The highest BCUT2D eigenvalue weighted by molar-refractivity contribution is 5.90. The van der Waals surface area contributed by atoms with Crippen molar-refractivity contribution in [2.24, 2.45) is 0 Å². The van der Waals surface area contributed by atoms with E-state index in [-0.39, 0.29) is 12.1 Å². The van der Waals surface area contributed by atoms with Gasteiger partial charge in [0.15, 0.2) is 5.76 Å². The molecule has 1 N–H and O–H groups in total. The van der Waals surface area contributed by atoms with Crippen molar-refractivity contribution >= 4 is 11.7 Å². The van der Waals surface area contributed by atoms with E-state index in [1.165, 1.54) is 5.56 Å². The zero-order chi connectivity index (χ0) is 16.4. The molecule has 5 nitrogen and oxygen atoms in total. The molecule has 1 fully saturated rings. The molecule has 0 bridgehead atoms. The number of amides is 2. The Morgan fingerprint density at radius 3 is 3.00 bits per heavy atom. The zero-order valence-electron chi connectivity index (χ0n) is 13.9. The average molecular weight is 313 g/mol. The number of benzene rings is 1. The van der Waals surface area contributed by atoms with E-state index in [1.807, 2.05) is 49.9 Å². The fourth-order valence-corrected chi connectivity index (χ4v) is 3.03. The van der Waals surface area contributed by atoms with Crippen molar-refractivity contribution in [3.63, 3.8) is 0 Å². The largest absolute Gasteiger partial charge is 0.359 e. The lowest BCUT2D eigenvalue weighted by atomic mass is 10.1. The number of hydrogen-bond donors (Lipinski definition) is 1. The molecule has 1 aromatic heterocycles. The van der Waals surface area contributed by atoms with Crippen molar-refractivity contribution in [3.8, 4) is 0 Å². The SMILES string of the molecule is CCc1cc(C2CCCN2C(=O)Nc2cccc(C)c2C)on1. The number of aryl methyl sites for hydroxylation is 2. The molecule has 1 aliphatic rings. The van der Waals surface area contributed by atoms with Gasteiger partial charge in [0, 0.05) is 18.3 Å². The molecular weight excluding hydrogens is 290 g/mol. The van der Waals surface area contributed by atoms with Gasteiger partial charge in [0.25, 0.3) is 0 Å². The van der Waals surface area contributed by atoms with Gasteiger partial charge in [0.2, 0.25) is 0 Å². The second-order valence-corrected chi connectivity index (χ2v) is 6.10. The molecule has 1 saturated heterocycles. The topological polar surface area (TPSA) is 58.4 Å². The van der Waals surface area contributed by atoms with Gasteiger partial charge in [-0.15, -0.1) is 0 Å². The average Bonchev–Trinajstić information content (AvgIpc) is 3.19. The van der Waals surface area contributed by atoms with E-state index in [1.54, 1.807) is 0 Å². The van der Waals surface area contributed by atoms with Crippen LogP contribution in [0.15, 0.2) is 28.8 Å². The number of nitrogens with one attached hydrogen (secondary N) is 1. The summed E-state index contributed by atoms with van der Waals surface area (Å²) < 4.78 is 5.44. The standard InChI is InChI=1S/C18H23N3O2/c1-4-14-11-17(23-20-14)16-9-6-10-21(16)18(22)19-15-8-5-7-12(2)13(15)3/h5,7-8,11,16H,4,6,9-10H2,1-3H3,(H,19,22). The molecule has 0 spiro atoms. The van der Waals surface area contributed by atoms with E-state index < -0.39 is 0 Å². The molecule has 3 rings (SSSR count). The van der Waals surface area contributed by atoms with Gasteiger partial charge in [0.05, 0.1) is 11.7 Å². The van der Waals surface area contributed by atoms with Crippen LogP contribution in [-0.4, -0.2) is 22.6 Å². The number of nitrogens with zero attached hydrogens (tertiary/aromatic N) is 2. The summed E-state index contributed by atoms with van der Waals surface area (Å²) >= 11 is 0. The molecule has 2 aromatic rings. The van der Waals surface area contributed by atoms with Crippen molar-refractivity contribution in [2.75, 3.05) is 11.9 Å². The van der Waals surface area contributed by atoms with E-state index in [0.29, 0.717) is 0 Å². The number of hydrogen-bond acceptors (Lipinski definition) is 3. The van der Waals surface area contributed by atoms with Crippen LogP contribution in [0, 0.1) is 13.8 Å². The maximum atomic E-state index is 12.7. The maximum absolute atomic E-state index is 12.7. The van der Waals surface area contributed by atoms with Crippen LogP contribution in [0.4, 0.5) is 10.5 Å². The van der Waals surface area contributed by atoms with Crippen molar-refractivity contribution in [3.05, 3.63) is 46.8 Å². The number of urea groups is 1. The van der Waals surface area contributed by atoms with Gasteiger partial charge in [-0.3, -0.25) is 0 Å². The molecule has 1 unspecified atom stereocenters. The van der Waals surface area contributed by atoms with Crippen LogP contribution < -0.4 is 5.32 Å². The number of likely N-dealkylation sites (tertiary alicyclic amines) is 1. The summed E-state index contributed by atoms with van der Waals surface area (Å²) in [5.74, 6) is 0.787. The number of aromatic nitrogens is 1. The van der Waals surface area contributed by atoms with Crippen molar-refractivity contribution < 1.29 is 9.32 Å². The van der Waals surface area contributed by atoms with Gasteiger partial charge in [-0.05, 0) is 50.3 Å². The highest BCUT2D eigenvalue weighted by Crippen LogP contribution is 2.33. The van der Waals surface area contributed by atoms with Gasteiger partial charge in [-0.2, -0.15) is 0 Å². The minimum Gasteiger partial charge on any atom is -0.359 e. The first kappa shape index (κ1) is 15.6. The summed E-state index contributed by atoms with van der Waals surface area (Å²) in [6, 6.07) is 7.82. The smallest absolute Gasteiger partial charge is 0.322 e. The Hall–Kier alpha value is -2.30. The second kappa shape index (κ2) is 6.44. The zero-order valence-corrected chi connectivity index (χ0v) is 13.9. The number of rotatable bonds is 3. The fraction of sp³-hybridized carbons (Fsp3) is 0.444. The molecule has 1 atom stereocenters. The van der Waals surface area contributed by atoms with Crippen LogP contribution in [0.25, 0.3) is 0 Å². The number of carbonyl (C=O) groups excluding carboxylic acids is 1. The van der Waals surface area contributed by atoms with Gasteiger partial charge in [-0.25, -0.2) is 4.79 Å². The van der Waals surface area contributed by atoms with Crippen molar-refractivity contribution in [2.45, 2.75) is 46.1 Å². The molecule has 2 heterocycles. The Morgan fingerprint density at radius 1 is 1.43 bits per heavy atom. The second-order valence-electron chi connectivity index (χ2n) is 6.10. The number of carbonyl (C=O) groups is 1. The Balaban J connectivity index is 1.76. The first-order valence-corrected chi connectivity index (χ1v) is 8.19. The van der Waals surface area contributed by atoms with E-state index in [0.717, 1.165) is 48.5 Å². The molecule has 122 valence electrons. The van der Waals surface area contributed by atoms with Crippen LogP contribution in [0.1, 0.15) is 48.4 Å². The van der Waals surface area contributed by atoms with Crippen LogP contribution in [0.5, 0.6) is 0 Å². The molecule has 23 heavy (non-hydrogen) atoms. The van der Waals surface area contributed by atoms with E-state index in [9.17, 15) is 4.79 Å². The minimum absolute atomic E-state index is 0.0204.